The number of nitrogens with one attached hydrogen (secondary N) is 3. The summed E-state index contributed by atoms with van der Waals surface area (Å²) in [5.74, 6) is 0.721. The predicted molar refractivity (Wildman–Crippen MR) is 98.9 cm³/mol. The third kappa shape index (κ3) is 5.33. The van der Waals surface area contributed by atoms with Crippen LogP contribution in [0.5, 0.6) is 0 Å². The highest BCUT2D eigenvalue weighted by molar-refractivity contribution is 7.89. The van der Waals surface area contributed by atoms with Crippen LogP contribution < -0.4 is 15.4 Å². The van der Waals surface area contributed by atoms with Gasteiger partial charge in [-0.15, -0.1) is 11.3 Å². The molecule has 0 bridgehead atoms. The molecule has 0 fully saturated rings. The maximum Gasteiger partial charge on any atom is 0.240 e. The molecule has 0 aliphatic carbocycles. The molecule has 0 atom stereocenters. The van der Waals surface area contributed by atoms with Crippen LogP contribution in [0.3, 0.4) is 0 Å². The smallest absolute Gasteiger partial charge is 0.240 e. The van der Waals surface area contributed by atoms with Crippen molar-refractivity contribution >= 4 is 27.3 Å². The van der Waals surface area contributed by atoms with Gasteiger partial charge in [0, 0.05) is 25.0 Å². The highest BCUT2D eigenvalue weighted by atomic mass is 32.2. The van der Waals surface area contributed by atoms with Gasteiger partial charge < -0.3 is 10.6 Å². The number of hydrogen-bond acceptors (Lipinski definition) is 4. The Bertz CT molecular complexity index is 754. The molecule has 0 spiro atoms. The summed E-state index contributed by atoms with van der Waals surface area (Å²) < 4.78 is 25.7. The van der Waals surface area contributed by atoms with Crippen LogP contribution in [0.4, 0.5) is 0 Å². The number of thiophene rings is 1. The molecule has 1 heterocycles. The topological polar surface area (TPSA) is 82.6 Å². The van der Waals surface area contributed by atoms with Gasteiger partial charge in [0.2, 0.25) is 10.0 Å². The number of hydrogen-bond donors (Lipinski definition) is 3. The van der Waals surface area contributed by atoms with E-state index >= 15 is 0 Å². The number of guanidine groups is 1. The van der Waals surface area contributed by atoms with Gasteiger partial charge in [0.15, 0.2) is 5.96 Å². The molecule has 2 rings (SSSR count). The van der Waals surface area contributed by atoms with Crippen molar-refractivity contribution in [2.45, 2.75) is 17.9 Å². The fourth-order valence-corrected chi connectivity index (χ4v) is 3.51. The highest BCUT2D eigenvalue weighted by Gasteiger charge is 2.10. The third-order valence-electron chi connectivity index (χ3n) is 3.43. The lowest BCUT2D eigenvalue weighted by molar-refractivity contribution is 0.588. The highest BCUT2D eigenvalue weighted by Crippen LogP contribution is 2.10. The molecule has 3 N–H and O–H groups in total. The Kier molecular flexibility index (Phi) is 6.77. The summed E-state index contributed by atoms with van der Waals surface area (Å²) in [5, 5.41) is 8.55. The molecule has 6 nitrogen and oxygen atoms in total. The van der Waals surface area contributed by atoms with Crippen LogP contribution in [0.1, 0.15) is 10.4 Å². The average Bonchev–Trinajstić information content (AvgIpc) is 3.11. The van der Waals surface area contributed by atoms with E-state index in [9.17, 15) is 8.42 Å². The quantitative estimate of drug-likeness (QED) is 0.513. The molecule has 8 heteroatoms. The number of rotatable bonds is 7. The first-order valence-electron chi connectivity index (χ1n) is 7.54. The first-order chi connectivity index (χ1) is 11.5. The van der Waals surface area contributed by atoms with Crippen molar-refractivity contribution in [3.8, 4) is 0 Å². The molecule has 24 heavy (non-hydrogen) atoms. The van der Waals surface area contributed by atoms with Gasteiger partial charge in [0.05, 0.1) is 4.90 Å². The van der Waals surface area contributed by atoms with Crippen LogP contribution in [0.15, 0.2) is 51.7 Å². The van der Waals surface area contributed by atoms with Gasteiger partial charge in [0.1, 0.15) is 0 Å². The van der Waals surface area contributed by atoms with E-state index in [-0.39, 0.29) is 4.90 Å². The lowest BCUT2D eigenvalue weighted by Gasteiger charge is -2.12. The van der Waals surface area contributed by atoms with Crippen LogP contribution in [-0.2, 0) is 23.0 Å². The van der Waals surface area contributed by atoms with E-state index in [0.717, 1.165) is 24.5 Å². The van der Waals surface area contributed by atoms with E-state index in [1.54, 1.807) is 42.6 Å². The Balaban J connectivity index is 1.82. The van der Waals surface area contributed by atoms with E-state index in [1.807, 2.05) is 6.07 Å². The van der Waals surface area contributed by atoms with E-state index < -0.39 is 10.0 Å². The van der Waals surface area contributed by atoms with Gasteiger partial charge in [-0.3, -0.25) is 4.99 Å². The zero-order valence-electron chi connectivity index (χ0n) is 13.7. The molecule has 0 amide bonds. The van der Waals surface area contributed by atoms with Gasteiger partial charge in [-0.2, -0.15) is 0 Å². The van der Waals surface area contributed by atoms with Crippen molar-refractivity contribution in [1.82, 2.24) is 15.4 Å². The van der Waals surface area contributed by atoms with E-state index in [4.69, 9.17) is 0 Å². The minimum atomic E-state index is -3.39. The molecule has 130 valence electrons. The minimum Gasteiger partial charge on any atom is -0.356 e. The fourth-order valence-electron chi connectivity index (χ4n) is 2.07. The summed E-state index contributed by atoms with van der Waals surface area (Å²) in [7, 11) is -0.265. The van der Waals surface area contributed by atoms with E-state index in [1.165, 1.54) is 11.9 Å². The maximum atomic E-state index is 11.7. The molecule has 0 saturated carbocycles. The monoisotopic (exact) mass is 366 g/mol. The molecule has 0 unspecified atom stereocenters. The lowest BCUT2D eigenvalue weighted by Crippen LogP contribution is -2.37. The number of aliphatic imine (C=N–C) groups is 1. The zero-order valence-corrected chi connectivity index (χ0v) is 15.4. The number of nitrogens with zero attached hydrogens (tertiary/aromatic N) is 1. The van der Waals surface area contributed by atoms with Crippen molar-refractivity contribution in [2.75, 3.05) is 20.6 Å². The molecule has 0 aliphatic rings. The Labute approximate surface area is 147 Å². The van der Waals surface area contributed by atoms with Crippen molar-refractivity contribution in [2.24, 2.45) is 4.99 Å². The van der Waals surface area contributed by atoms with Gasteiger partial charge in [-0.1, -0.05) is 18.2 Å². The Morgan fingerprint density at radius 3 is 2.50 bits per heavy atom. The predicted octanol–water partition coefficient (Wildman–Crippen LogP) is 1.56. The van der Waals surface area contributed by atoms with Gasteiger partial charge in [-0.25, -0.2) is 13.1 Å². The standard InChI is InChI=1S/C16H22N4O2S2/c1-17-16(19-10-9-14-4-3-11-23-14)20-12-13-5-7-15(8-6-13)24(21,22)18-2/h3-8,11,18H,9-10,12H2,1-2H3,(H2,17,19,20). The summed E-state index contributed by atoms with van der Waals surface area (Å²) in [4.78, 5) is 5.77. The van der Waals surface area contributed by atoms with Crippen molar-refractivity contribution < 1.29 is 8.42 Å². The van der Waals surface area contributed by atoms with Crippen molar-refractivity contribution in [3.05, 3.63) is 52.2 Å². The van der Waals surface area contributed by atoms with Crippen LogP contribution in [0, 0.1) is 0 Å². The summed E-state index contributed by atoms with van der Waals surface area (Å²) in [6.45, 7) is 1.37. The summed E-state index contributed by atoms with van der Waals surface area (Å²) in [5.41, 5.74) is 0.978. The van der Waals surface area contributed by atoms with Crippen LogP contribution in [0.2, 0.25) is 0 Å². The lowest BCUT2D eigenvalue weighted by atomic mass is 10.2. The van der Waals surface area contributed by atoms with Crippen LogP contribution in [0.25, 0.3) is 0 Å². The summed E-state index contributed by atoms with van der Waals surface area (Å²) in [6.07, 6.45) is 0.953. The molecule has 1 aromatic carbocycles. The summed E-state index contributed by atoms with van der Waals surface area (Å²) in [6, 6.07) is 10.9. The third-order valence-corrected chi connectivity index (χ3v) is 5.80. The first-order valence-corrected chi connectivity index (χ1v) is 9.91. The maximum absolute atomic E-state index is 11.7. The number of sulfonamides is 1. The Morgan fingerprint density at radius 1 is 1.17 bits per heavy atom. The Hall–Kier alpha value is -1.90. The second-order valence-electron chi connectivity index (χ2n) is 5.03. The molecule has 0 aliphatic heterocycles. The average molecular weight is 367 g/mol. The zero-order chi connectivity index (χ0) is 17.4. The van der Waals surface area contributed by atoms with Crippen LogP contribution in [-0.4, -0.2) is 35.0 Å². The SMILES string of the molecule is CN=C(NCCc1cccs1)NCc1ccc(S(=O)(=O)NC)cc1. The first kappa shape index (κ1) is 18.4. The van der Waals surface area contributed by atoms with E-state index in [2.05, 4.69) is 31.8 Å². The molecule has 0 saturated heterocycles. The molecule has 1 aromatic heterocycles. The van der Waals surface area contributed by atoms with Crippen molar-refractivity contribution in [1.29, 1.82) is 0 Å². The number of benzene rings is 1. The fraction of sp³-hybridized carbons (Fsp3) is 0.312. The Morgan fingerprint density at radius 2 is 1.92 bits per heavy atom. The summed E-state index contributed by atoms with van der Waals surface area (Å²) >= 11 is 1.74. The second-order valence-corrected chi connectivity index (χ2v) is 7.95. The van der Waals surface area contributed by atoms with Crippen LogP contribution >= 0.6 is 11.3 Å². The molecule has 0 radical (unpaired) electrons. The van der Waals surface area contributed by atoms with E-state index in [0.29, 0.717) is 6.54 Å². The normalized spacial score (nSPS) is 12.2. The largest absolute Gasteiger partial charge is 0.356 e. The molecule has 2 aromatic rings. The molecular formula is C16H22N4O2S2. The molecular weight excluding hydrogens is 344 g/mol. The van der Waals surface area contributed by atoms with Gasteiger partial charge in [0.25, 0.3) is 0 Å². The van der Waals surface area contributed by atoms with Gasteiger partial charge >= 0.3 is 0 Å². The van der Waals surface area contributed by atoms with Gasteiger partial charge in [-0.05, 0) is 42.6 Å². The minimum absolute atomic E-state index is 0.257. The van der Waals surface area contributed by atoms with Crippen molar-refractivity contribution in [3.63, 3.8) is 0 Å². The second kappa shape index (κ2) is 8.81.